The molecule has 0 bridgehead atoms. The highest BCUT2D eigenvalue weighted by Gasteiger charge is 2.36. The van der Waals surface area contributed by atoms with Gasteiger partial charge in [-0.15, -0.1) is 0 Å². The average Bonchev–Trinajstić information content (AvgIpc) is 3.06. The van der Waals surface area contributed by atoms with Crippen LogP contribution >= 0.6 is 0 Å². The SMILES string of the molecule is Cn1ncc2c1CCN(C(=O)CCc1ccc3c(c1)OCCO3)C2C(N)=O. The lowest BCUT2D eigenvalue weighted by Gasteiger charge is -2.34. The standard InChI is InChI=1S/C19H22N4O4/c1-22-14-6-7-23(18(19(20)25)13(14)11-21-22)17(24)5-3-12-2-4-15-16(10-12)27-9-8-26-15/h2,4,10-11,18H,3,5-9H2,1H3,(H2,20,25). The largest absolute Gasteiger partial charge is 0.486 e. The van der Waals surface area contributed by atoms with Gasteiger partial charge >= 0.3 is 0 Å². The minimum Gasteiger partial charge on any atom is -0.486 e. The Labute approximate surface area is 156 Å². The zero-order valence-corrected chi connectivity index (χ0v) is 15.2. The molecule has 27 heavy (non-hydrogen) atoms. The summed E-state index contributed by atoms with van der Waals surface area (Å²) in [7, 11) is 1.83. The molecule has 142 valence electrons. The van der Waals surface area contributed by atoms with Gasteiger partial charge in [-0.25, -0.2) is 0 Å². The molecule has 0 saturated carbocycles. The number of primary amides is 1. The first-order valence-corrected chi connectivity index (χ1v) is 9.02. The van der Waals surface area contributed by atoms with E-state index in [4.69, 9.17) is 15.2 Å². The highest BCUT2D eigenvalue weighted by molar-refractivity contribution is 5.88. The van der Waals surface area contributed by atoms with Crippen molar-refractivity contribution in [2.24, 2.45) is 12.8 Å². The first-order valence-electron chi connectivity index (χ1n) is 9.02. The van der Waals surface area contributed by atoms with Crippen LogP contribution in [0, 0.1) is 0 Å². The zero-order chi connectivity index (χ0) is 19.0. The van der Waals surface area contributed by atoms with E-state index in [-0.39, 0.29) is 5.91 Å². The van der Waals surface area contributed by atoms with Crippen LogP contribution in [0.4, 0.5) is 0 Å². The van der Waals surface area contributed by atoms with Gasteiger partial charge in [0, 0.05) is 37.7 Å². The van der Waals surface area contributed by atoms with Gasteiger partial charge in [-0.1, -0.05) is 6.07 Å². The summed E-state index contributed by atoms with van der Waals surface area (Å²) >= 11 is 0. The van der Waals surface area contributed by atoms with Gasteiger partial charge in [0.2, 0.25) is 11.8 Å². The fourth-order valence-corrected chi connectivity index (χ4v) is 3.75. The summed E-state index contributed by atoms with van der Waals surface area (Å²) in [5, 5.41) is 4.20. The lowest BCUT2D eigenvalue weighted by molar-refractivity contribution is -0.140. The number of carbonyl (C=O) groups excluding carboxylic acids is 2. The maximum absolute atomic E-state index is 12.8. The molecule has 0 fully saturated rings. The molecule has 1 unspecified atom stereocenters. The van der Waals surface area contributed by atoms with Crippen molar-refractivity contribution in [3.63, 3.8) is 0 Å². The third-order valence-electron chi connectivity index (χ3n) is 5.11. The molecule has 4 rings (SSSR count). The van der Waals surface area contributed by atoms with Crippen LogP contribution in [0.2, 0.25) is 0 Å². The van der Waals surface area contributed by atoms with Gasteiger partial charge < -0.3 is 20.1 Å². The Morgan fingerprint density at radius 1 is 1.26 bits per heavy atom. The van der Waals surface area contributed by atoms with E-state index in [1.54, 1.807) is 15.8 Å². The van der Waals surface area contributed by atoms with Crippen molar-refractivity contribution in [1.82, 2.24) is 14.7 Å². The van der Waals surface area contributed by atoms with Crippen LogP contribution in [-0.2, 0) is 29.5 Å². The Morgan fingerprint density at radius 3 is 2.81 bits per heavy atom. The predicted octanol–water partition coefficient (Wildman–Crippen LogP) is 0.735. The number of nitrogens with two attached hydrogens (primary N) is 1. The lowest BCUT2D eigenvalue weighted by Crippen LogP contribution is -2.45. The van der Waals surface area contributed by atoms with Gasteiger partial charge in [0.1, 0.15) is 19.3 Å². The first kappa shape index (κ1) is 17.4. The van der Waals surface area contributed by atoms with E-state index in [1.807, 2.05) is 25.2 Å². The Morgan fingerprint density at radius 2 is 2.04 bits per heavy atom. The number of nitrogens with zero attached hydrogens (tertiary/aromatic N) is 3. The summed E-state index contributed by atoms with van der Waals surface area (Å²) in [5.74, 6) is 0.810. The summed E-state index contributed by atoms with van der Waals surface area (Å²) in [6, 6.07) is 4.95. The molecule has 0 aliphatic carbocycles. The Kier molecular flexibility index (Phi) is 4.47. The highest BCUT2D eigenvalue weighted by Crippen LogP contribution is 2.32. The topological polar surface area (TPSA) is 99.7 Å². The Hall–Kier alpha value is -3.03. The van der Waals surface area contributed by atoms with Crippen molar-refractivity contribution < 1.29 is 19.1 Å². The van der Waals surface area contributed by atoms with Gasteiger partial charge in [-0.2, -0.15) is 5.10 Å². The van der Waals surface area contributed by atoms with E-state index in [1.165, 1.54) is 0 Å². The number of aromatic nitrogens is 2. The molecule has 8 heteroatoms. The van der Waals surface area contributed by atoms with Crippen LogP contribution in [0.5, 0.6) is 11.5 Å². The Bertz CT molecular complexity index is 892. The summed E-state index contributed by atoms with van der Waals surface area (Å²) in [6.45, 7) is 1.53. The molecular formula is C19H22N4O4. The quantitative estimate of drug-likeness (QED) is 0.855. The van der Waals surface area contributed by atoms with Crippen molar-refractivity contribution in [2.75, 3.05) is 19.8 Å². The van der Waals surface area contributed by atoms with E-state index in [0.717, 1.165) is 22.6 Å². The normalized spacial score (nSPS) is 18.1. The molecule has 2 amide bonds. The minimum absolute atomic E-state index is 0.0943. The van der Waals surface area contributed by atoms with Crippen molar-refractivity contribution in [2.45, 2.75) is 25.3 Å². The first-order chi connectivity index (χ1) is 13.0. The van der Waals surface area contributed by atoms with Gasteiger partial charge in [0.15, 0.2) is 11.5 Å². The third-order valence-corrected chi connectivity index (χ3v) is 5.11. The van der Waals surface area contributed by atoms with Crippen LogP contribution in [0.3, 0.4) is 0 Å². The molecule has 0 saturated heterocycles. The number of ether oxygens (including phenoxy) is 2. The third kappa shape index (κ3) is 3.22. The smallest absolute Gasteiger partial charge is 0.245 e. The Balaban J connectivity index is 1.47. The molecule has 3 heterocycles. The van der Waals surface area contributed by atoms with Gasteiger partial charge in [-0.3, -0.25) is 14.3 Å². The maximum Gasteiger partial charge on any atom is 0.245 e. The molecule has 1 aromatic carbocycles. The second-order valence-corrected chi connectivity index (χ2v) is 6.79. The van der Waals surface area contributed by atoms with E-state index >= 15 is 0 Å². The summed E-state index contributed by atoms with van der Waals surface area (Å²) in [6.07, 6.45) is 3.13. The van der Waals surface area contributed by atoms with Gasteiger partial charge in [0.05, 0.1) is 6.20 Å². The van der Waals surface area contributed by atoms with E-state index < -0.39 is 11.9 Å². The van der Waals surface area contributed by atoms with Gasteiger partial charge in [-0.05, 0) is 24.1 Å². The second-order valence-electron chi connectivity index (χ2n) is 6.79. The van der Waals surface area contributed by atoms with E-state index in [9.17, 15) is 9.59 Å². The summed E-state index contributed by atoms with van der Waals surface area (Å²) in [4.78, 5) is 26.4. The van der Waals surface area contributed by atoms with Crippen molar-refractivity contribution in [3.05, 3.63) is 41.2 Å². The van der Waals surface area contributed by atoms with Crippen LogP contribution in [0.1, 0.15) is 29.3 Å². The second kappa shape index (κ2) is 6.94. The fraction of sp³-hybridized carbons (Fsp3) is 0.421. The molecule has 2 aliphatic rings. The molecule has 0 radical (unpaired) electrons. The molecule has 1 atom stereocenters. The monoisotopic (exact) mass is 370 g/mol. The van der Waals surface area contributed by atoms with Crippen molar-refractivity contribution in [1.29, 1.82) is 0 Å². The van der Waals surface area contributed by atoms with Crippen LogP contribution in [0.15, 0.2) is 24.4 Å². The van der Waals surface area contributed by atoms with Crippen LogP contribution in [-0.4, -0.2) is 46.3 Å². The molecule has 8 nitrogen and oxygen atoms in total. The van der Waals surface area contributed by atoms with Crippen LogP contribution < -0.4 is 15.2 Å². The number of hydrogen-bond acceptors (Lipinski definition) is 5. The van der Waals surface area contributed by atoms with Crippen molar-refractivity contribution in [3.8, 4) is 11.5 Å². The van der Waals surface area contributed by atoms with Crippen LogP contribution in [0.25, 0.3) is 0 Å². The number of amides is 2. The van der Waals surface area contributed by atoms with Crippen molar-refractivity contribution >= 4 is 11.8 Å². The van der Waals surface area contributed by atoms with E-state index in [0.29, 0.717) is 44.8 Å². The molecule has 2 aliphatic heterocycles. The molecule has 1 aromatic heterocycles. The summed E-state index contributed by atoms with van der Waals surface area (Å²) in [5.41, 5.74) is 8.27. The number of rotatable bonds is 4. The number of carbonyl (C=O) groups is 2. The molecule has 2 N–H and O–H groups in total. The number of benzene rings is 1. The maximum atomic E-state index is 12.8. The minimum atomic E-state index is -0.754. The number of fused-ring (bicyclic) bond motifs is 2. The number of aryl methyl sites for hydroxylation is 2. The highest BCUT2D eigenvalue weighted by atomic mass is 16.6. The molecular weight excluding hydrogens is 348 g/mol. The number of hydrogen-bond donors (Lipinski definition) is 1. The predicted molar refractivity (Wildman–Crippen MR) is 96.3 cm³/mol. The fourth-order valence-electron chi connectivity index (χ4n) is 3.75. The van der Waals surface area contributed by atoms with E-state index in [2.05, 4.69) is 5.10 Å². The molecule has 0 spiro atoms. The molecule has 2 aromatic rings. The lowest BCUT2D eigenvalue weighted by atomic mass is 9.97. The van der Waals surface area contributed by atoms with Gasteiger partial charge in [0.25, 0.3) is 0 Å². The summed E-state index contributed by atoms with van der Waals surface area (Å²) < 4.78 is 12.8. The zero-order valence-electron chi connectivity index (χ0n) is 15.2. The average molecular weight is 370 g/mol.